The normalized spacial score (nSPS) is 17.1. The fourth-order valence-corrected chi connectivity index (χ4v) is 5.63. The van der Waals surface area contributed by atoms with Crippen LogP contribution in [-0.2, 0) is 21.0 Å². The van der Waals surface area contributed by atoms with E-state index in [0.717, 1.165) is 22.2 Å². The van der Waals surface area contributed by atoms with Gasteiger partial charge in [0.15, 0.2) is 0 Å². The van der Waals surface area contributed by atoms with Crippen molar-refractivity contribution in [3.05, 3.63) is 71.4 Å². The molecule has 0 bridgehead atoms. The molecule has 6 amide bonds. The Morgan fingerprint density at radius 2 is 1.68 bits per heavy atom. The summed E-state index contributed by atoms with van der Waals surface area (Å²) in [6.07, 6.45) is 0.756. The van der Waals surface area contributed by atoms with Crippen LogP contribution >= 0.6 is 0 Å². The largest absolute Gasteiger partial charge is 0.489 e. The van der Waals surface area contributed by atoms with Crippen LogP contribution in [0, 0.1) is 18.3 Å². The number of aryl methyl sites for hydroxylation is 1. The zero-order valence-electron chi connectivity index (χ0n) is 22.9. The number of barbiturate groups is 1. The molecule has 3 N–H and O–H groups in total. The SMILES string of the molecule is CC(=O)N1CCC(C2(CNC(=O)c3ccc(OCc4cc(C)nc5ccccc45)cc3)C(=O)NC(=O)NC2=O)CC1. The van der Waals surface area contributed by atoms with Gasteiger partial charge in [-0.05, 0) is 62.1 Å². The quantitative estimate of drug-likeness (QED) is 0.378. The highest BCUT2D eigenvalue weighted by Gasteiger charge is 2.56. The van der Waals surface area contributed by atoms with Gasteiger partial charge in [0.1, 0.15) is 17.8 Å². The van der Waals surface area contributed by atoms with Gasteiger partial charge in [-0.2, -0.15) is 0 Å². The average Bonchev–Trinajstić information content (AvgIpc) is 2.96. The van der Waals surface area contributed by atoms with E-state index in [9.17, 15) is 24.0 Å². The third kappa shape index (κ3) is 5.60. The number of pyridine rings is 1. The highest BCUT2D eigenvalue weighted by molar-refractivity contribution is 6.19. The second kappa shape index (κ2) is 11.4. The Labute approximate surface area is 236 Å². The van der Waals surface area contributed by atoms with Gasteiger partial charge in [-0.1, -0.05) is 18.2 Å². The fourth-order valence-electron chi connectivity index (χ4n) is 5.63. The number of urea groups is 1. The number of imide groups is 2. The molecule has 2 aliphatic heterocycles. The number of carbonyl (C=O) groups excluding carboxylic acids is 5. The molecule has 41 heavy (non-hydrogen) atoms. The lowest BCUT2D eigenvalue weighted by molar-refractivity contribution is -0.149. The van der Waals surface area contributed by atoms with E-state index in [1.807, 2.05) is 37.3 Å². The molecule has 1 aromatic heterocycles. The number of para-hydroxylation sites is 1. The zero-order chi connectivity index (χ0) is 29.1. The van der Waals surface area contributed by atoms with Gasteiger partial charge in [-0.25, -0.2) is 4.79 Å². The summed E-state index contributed by atoms with van der Waals surface area (Å²) in [6.45, 7) is 4.17. The zero-order valence-corrected chi connectivity index (χ0v) is 22.9. The molecule has 0 aliphatic carbocycles. The third-order valence-corrected chi connectivity index (χ3v) is 7.87. The van der Waals surface area contributed by atoms with E-state index < -0.39 is 35.1 Å². The number of carbonyl (C=O) groups is 5. The van der Waals surface area contributed by atoms with E-state index >= 15 is 0 Å². The minimum absolute atomic E-state index is 0.0878. The van der Waals surface area contributed by atoms with Crippen molar-refractivity contribution in [3.8, 4) is 5.75 Å². The van der Waals surface area contributed by atoms with Gasteiger partial charge in [0, 0.05) is 48.8 Å². The molecule has 2 aliphatic rings. The number of amides is 6. The summed E-state index contributed by atoms with van der Waals surface area (Å²) < 4.78 is 5.98. The maximum Gasteiger partial charge on any atom is 0.328 e. The van der Waals surface area contributed by atoms with Crippen LogP contribution in [0.2, 0.25) is 0 Å². The van der Waals surface area contributed by atoms with E-state index in [-0.39, 0.29) is 12.5 Å². The lowest BCUT2D eigenvalue weighted by Gasteiger charge is -2.43. The number of nitrogens with zero attached hydrogens (tertiary/aromatic N) is 2. The molecule has 212 valence electrons. The molecule has 0 unspecified atom stereocenters. The Morgan fingerprint density at radius 1 is 1.02 bits per heavy atom. The molecule has 2 fully saturated rings. The van der Waals surface area contributed by atoms with Crippen molar-refractivity contribution >= 4 is 40.6 Å². The average molecular weight is 558 g/mol. The van der Waals surface area contributed by atoms with Crippen LogP contribution in [0.15, 0.2) is 54.6 Å². The number of piperidine rings is 1. The van der Waals surface area contributed by atoms with Crippen molar-refractivity contribution in [1.82, 2.24) is 25.8 Å². The summed E-state index contributed by atoms with van der Waals surface area (Å²) in [7, 11) is 0. The van der Waals surface area contributed by atoms with Gasteiger partial charge in [0.25, 0.3) is 5.91 Å². The topological polar surface area (TPSA) is 147 Å². The number of fused-ring (bicyclic) bond motifs is 1. The molecule has 2 aromatic carbocycles. The monoisotopic (exact) mass is 557 g/mol. The molecule has 0 saturated carbocycles. The van der Waals surface area contributed by atoms with Crippen LogP contribution < -0.4 is 20.7 Å². The first-order chi connectivity index (χ1) is 19.7. The standard InChI is InChI=1S/C30H31N5O6/c1-18-15-21(24-5-3-4-6-25(24)32-18)16-41-23-9-7-20(8-10-23)26(37)31-17-30(27(38)33-29(40)34-28(30)39)22-11-13-35(14-12-22)19(2)36/h3-10,15,22H,11-14,16-17H2,1-2H3,(H,31,37)(H2,33,34,38,39,40). The smallest absolute Gasteiger partial charge is 0.328 e. The van der Waals surface area contributed by atoms with Crippen LogP contribution in [-0.4, -0.2) is 59.2 Å². The highest BCUT2D eigenvalue weighted by Crippen LogP contribution is 2.37. The number of likely N-dealkylation sites (tertiary alicyclic amines) is 1. The molecule has 5 rings (SSSR count). The number of nitrogens with one attached hydrogen (secondary N) is 3. The second-order valence-corrected chi connectivity index (χ2v) is 10.4. The van der Waals surface area contributed by atoms with Gasteiger partial charge < -0.3 is 15.0 Å². The maximum absolute atomic E-state index is 13.1. The predicted molar refractivity (Wildman–Crippen MR) is 149 cm³/mol. The summed E-state index contributed by atoms with van der Waals surface area (Å²) >= 11 is 0. The molecule has 0 radical (unpaired) electrons. The number of ether oxygens (including phenoxy) is 1. The molecular weight excluding hydrogens is 526 g/mol. The van der Waals surface area contributed by atoms with Gasteiger partial charge in [0.05, 0.1) is 5.52 Å². The van der Waals surface area contributed by atoms with Gasteiger partial charge in [0.2, 0.25) is 17.7 Å². The molecule has 11 nitrogen and oxygen atoms in total. The molecule has 2 saturated heterocycles. The Kier molecular flexibility index (Phi) is 7.69. The van der Waals surface area contributed by atoms with Gasteiger partial charge in [-0.15, -0.1) is 0 Å². The van der Waals surface area contributed by atoms with Crippen molar-refractivity contribution in [3.63, 3.8) is 0 Å². The minimum Gasteiger partial charge on any atom is -0.489 e. The Bertz CT molecular complexity index is 1510. The van der Waals surface area contributed by atoms with E-state index in [1.165, 1.54) is 6.92 Å². The summed E-state index contributed by atoms with van der Waals surface area (Å²) in [4.78, 5) is 69.0. The number of hydrogen-bond donors (Lipinski definition) is 3. The van der Waals surface area contributed by atoms with Crippen molar-refractivity contribution < 1.29 is 28.7 Å². The van der Waals surface area contributed by atoms with E-state index in [2.05, 4.69) is 20.9 Å². The molecule has 3 aromatic rings. The van der Waals surface area contributed by atoms with E-state index in [1.54, 1.807) is 29.2 Å². The van der Waals surface area contributed by atoms with Crippen LogP contribution in [0.1, 0.15) is 41.4 Å². The Balaban J connectivity index is 1.26. The first kappa shape index (κ1) is 27.8. The second-order valence-electron chi connectivity index (χ2n) is 10.4. The summed E-state index contributed by atoms with van der Waals surface area (Å²) in [6, 6.07) is 15.5. The number of benzene rings is 2. The lowest BCUT2D eigenvalue weighted by Crippen LogP contribution is -2.68. The summed E-state index contributed by atoms with van der Waals surface area (Å²) in [5, 5.41) is 8.09. The number of aromatic nitrogens is 1. The van der Waals surface area contributed by atoms with Crippen molar-refractivity contribution in [2.45, 2.75) is 33.3 Å². The van der Waals surface area contributed by atoms with Crippen molar-refractivity contribution in [2.24, 2.45) is 11.3 Å². The van der Waals surface area contributed by atoms with E-state index in [4.69, 9.17) is 4.74 Å². The number of hydrogen-bond acceptors (Lipinski definition) is 7. The van der Waals surface area contributed by atoms with Crippen LogP contribution in [0.3, 0.4) is 0 Å². The minimum atomic E-state index is -1.68. The highest BCUT2D eigenvalue weighted by atomic mass is 16.5. The van der Waals surface area contributed by atoms with Crippen molar-refractivity contribution in [1.29, 1.82) is 0 Å². The first-order valence-corrected chi connectivity index (χ1v) is 13.5. The lowest BCUT2D eigenvalue weighted by atomic mass is 9.68. The third-order valence-electron chi connectivity index (χ3n) is 7.87. The molecule has 3 heterocycles. The fraction of sp³-hybridized carbons (Fsp3) is 0.333. The van der Waals surface area contributed by atoms with E-state index in [0.29, 0.717) is 43.9 Å². The first-order valence-electron chi connectivity index (χ1n) is 13.5. The van der Waals surface area contributed by atoms with Crippen LogP contribution in [0.5, 0.6) is 5.75 Å². The summed E-state index contributed by atoms with van der Waals surface area (Å²) in [5.74, 6) is -1.99. The van der Waals surface area contributed by atoms with Crippen LogP contribution in [0.25, 0.3) is 10.9 Å². The Hall–Kier alpha value is -4.80. The van der Waals surface area contributed by atoms with Crippen LogP contribution in [0.4, 0.5) is 4.79 Å². The summed E-state index contributed by atoms with van der Waals surface area (Å²) in [5.41, 5.74) is 1.42. The number of rotatable bonds is 7. The van der Waals surface area contributed by atoms with Crippen molar-refractivity contribution in [2.75, 3.05) is 19.6 Å². The Morgan fingerprint density at radius 3 is 2.34 bits per heavy atom. The van der Waals surface area contributed by atoms with Gasteiger partial charge in [-0.3, -0.25) is 34.8 Å². The molecular formula is C30H31N5O6. The predicted octanol–water partition coefficient (Wildman–Crippen LogP) is 2.46. The molecule has 11 heteroatoms. The maximum atomic E-state index is 13.1. The van der Waals surface area contributed by atoms with Gasteiger partial charge >= 0.3 is 6.03 Å². The molecule has 0 atom stereocenters. The molecule has 0 spiro atoms.